The molecule has 1 aliphatic rings. The van der Waals surface area contributed by atoms with Crippen LogP contribution in [-0.2, 0) is 0 Å². The van der Waals surface area contributed by atoms with E-state index in [2.05, 4.69) is 44.8 Å². The van der Waals surface area contributed by atoms with Crippen molar-refractivity contribution in [1.82, 2.24) is 10.2 Å². The van der Waals surface area contributed by atoms with Gasteiger partial charge in [0, 0.05) is 25.7 Å². The number of hydrogen-bond donors (Lipinski definition) is 1. The SMILES string of the molecule is CC(C)CN(CC(C)C)CC(C)CNC1CC1. The van der Waals surface area contributed by atoms with E-state index in [1.54, 1.807) is 0 Å². The van der Waals surface area contributed by atoms with E-state index >= 15 is 0 Å². The van der Waals surface area contributed by atoms with E-state index in [0.29, 0.717) is 0 Å². The molecule has 0 amide bonds. The van der Waals surface area contributed by atoms with Crippen LogP contribution in [0.4, 0.5) is 0 Å². The number of rotatable bonds is 9. The molecule has 1 N–H and O–H groups in total. The minimum atomic E-state index is 0.771. The Morgan fingerprint density at radius 2 is 1.47 bits per heavy atom. The van der Waals surface area contributed by atoms with Crippen LogP contribution in [0.1, 0.15) is 47.5 Å². The van der Waals surface area contributed by atoms with Crippen LogP contribution < -0.4 is 5.32 Å². The van der Waals surface area contributed by atoms with Crippen LogP contribution in [-0.4, -0.2) is 37.1 Å². The molecule has 0 bridgehead atoms. The Balaban J connectivity index is 2.23. The van der Waals surface area contributed by atoms with Crippen molar-refractivity contribution in [2.24, 2.45) is 17.8 Å². The summed E-state index contributed by atoms with van der Waals surface area (Å²) in [6.07, 6.45) is 2.79. The van der Waals surface area contributed by atoms with Gasteiger partial charge >= 0.3 is 0 Å². The van der Waals surface area contributed by atoms with Gasteiger partial charge in [-0.05, 0) is 37.1 Å². The Bertz CT molecular complexity index is 187. The Morgan fingerprint density at radius 1 is 0.941 bits per heavy atom. The highest BCUT2D eigenvalue weighted by Gasteiger charge is 2.21. The second-order valence-electron chi connectivity index (χ2n) is 6.79. The zero-order valence-corrected chi connectivity index (χ0v) is 12.5. The molecule has 1 rings (SSSR count). The maximum absolute atomic E-state index is 3.64. The third-order valence-electron chi connectivity index (χ3n) is 3.15. The first-order valence-corrected chi connectivity index (χ1v) is 7.43. The average molecular weight is 240 g/mol. The van der Waals surface area contributed by atoms with Crippen molar-refractivity contribution in [3.8, 4) is 0 Å². The van der Waals surface area contributed by atoms with Gasteiger partial charge in [-0.15, -0.1) is 0 Å². The third kappa shape index (κ3) is 7.77. The summed E-state index contributed by atoms with van der Waals surface area (Å²) in [4.78, 5) is 2.65. The minimum Gasteiger partial charge on any atom is -0.314 e. The molecule has 0 aromatic carbocycles. The molecule has 0 spiro atoms. The molecule has 1 unspecified atom stereocenters. The quantitative estimate of drug-likeness (QED) is 0.666. The molecule has 1 fully saturated rings. The lowest BCUT2D eigenvalue weighted by molar-refractivity contribution is 0.191. The van der Waals surface area contributed by atoms with Crippen LogP contribution in [0.25, 0.3) is 0 Å². The smallest absolute Gasteiger partial charge is 0.00683 e. The lowest BCUT2D eigenvalue weighted by Crippen LogP contribution is -2.38. The summed E-state index contributed by atoms with van der Waals surface area (Å²) < 4.78 is 0. The monoisotopic (exact) mass is 240 g/mol. The summed E-state index contributed by atoms with van der Waals surface area (Å²) >= 11 is 0. The largest absolute Gasteiger partial charge is 0.314 e. The fourth-order valence-electron chi connectivity index (χ4n) is 2.42. The average Bonchev–Trinajstić information content (AvgIpc) is 2.95. The molecule has 1 aliphatic carbocycles. The van der Waals surface area contributed by atoms with Gasteiger partial charge in [-0.2, -0.15) is 0 Å². The van der Waals surface area contributed by atoms with E-state index in [-0.39, 0.29) is 0 Å². The maximum Gasteiger partial charge on any atom is 0.00683 e. The van der Waals surface area contributed by atoms with Crippen molar-refractivity contribution < 1.29 is 0 Å². The van der Waals surface area contributed by atoms with Gasteiger partial charge < -0.3 is 10.2 Å². The van der Waals surface area contributed by atoms with Crippen molar-refractivity contribution >= 4 is 0 Å². The molecule has 0 saturated heterocycles. The maximum atomic E-state index is 3.64. The molecule has 102 valence electrons. The highest BCUT2D eigenvalue weighted by atomic mass is 15.1. The first-order valence-electron chi connectivity index (χ1n) is 7.43. The molecule has 0 heterocycles. The molecule has 17 heavy (non-hydrogen) atoms. The summed E-state index contributed by atoms with van der Waals surface area (Å²) in [6, 6.07) is 0.848. The van der Waals surface area contributed by atoms with Crippen LogP contribution >= 0.6 is 0 Å². The molecule has 1 saturated carbocycles. The van der Waals surface area contributed by atoms with Crippen molar-refractivity contribution in [2.75, 3.05) is 26.2 Å². The second kappa shape index (κ2) is 7.38. The number of nitrogens with zero attached hydrogens (tertiary/aromatic N) is 1. The Kier molecular flexibility index (Phi) is 6.50. The van der Waals surface area contributed by atoms with E-state index in [4.69, 9.17) is 0 Å². The van der Waals surface area contributed by atoms with Gasteiger partial charge in [0.2, 0.25) is 0 Å². The fourth-order valence-corrected chi connectivity index (χ4v) is 2.42. The lowest BCUT2D eigenvalue weighted by atomic mass is 10.1. The fraction of sp³-hybridized carbons (Fsp3) is 1.00. The Hall–Kier alpha value is -0.0800. The predicted octanol–water partition coefficient (Wildman–Crippen LogP) is 2.99. The zero-order valence-electron chi connectivity index (χ0n) is 12.5. The summed E-state index contributed by atoms with van der Waals surface area (Å²) in [5, 5.41) is 3.64. The highest BCUT2D eigenvalue weighted by molar-refractivity contribution is 4.81. The molecule has 1 atom stereocenters. The van der Waals surface area contributed by atoms with E-state index in [1.807, 2.05) is 0 Å². The molecule has 2 heteroatoms. The normalized spacial score (nSPS) is 18.4. The van der Waals surface area contributed by atoms with Crippen molar-refractivity contribution in [1.29, 1.82) is 0 Å². The van der Waals surface area contributed by atoms with Gasteiger partial charge in [0.1, 0.15) is 0 Å². The first-order chi connectivity index (χ1) is 7.97. The van der Waals surface area contributed by atoms with Crippen LogP contribution in [0, 0.1) is 17.8 Å². The number of hydrogen-bond acceptors (Lipinski definition) is 2. The van der Waals surface area contributed by atoms with Crippen LogP contribution in [0.15, 0.2) is 0 Å². The Labute approximate surface area is 108 Å². The van der Waals surface area contributed by atoms with Crippen molar-refractivity contribution in [3.05, 3.63) is 0 Å². The van der Waals surface area contributed by atoms with E-state index in [9.17, 15) is 0 Å². The standard InChI is InChI=1S/C15H32N2/c1-12(2)9-17(10-13(3)4)11-14(5)8-16-15-6-7-15/h12-16H,6-11H2,1-5H3. The van der Waals surface area contributed by atoms with Crippen LogP contribution in [0.3, 0.4) is 0 Å². The number of nitrogens with one attached hydrogen (secondary N) is 1. The predicted molar refractivity (Wildman–Crippen MR) is 76.3 cm³/mol. The van der Waals surface area contributed by atoms with E-state index < -0.39 is 0 Å². The third-order valence-corrected chi connectivity index (χ3v) is 3.15. The van der Waals surface area contributed by atoms with Crippen molar-refractivity contribution in [2.45, 2.75) is 53.5 Å². The molecule has 0 aromatic heterocycles. The second-order valence-corrected chi connectivity index (χ2v) is 6.79. The molecule has 0 aromatic rings. The summed E-state index contributed by atoms with van der Waals surface area (Å²) in [7, 11) is 0. The molecular weight excluding hydrogens is 208 g/mol. The summed E-state index contributed by atoms with van der Waals surface area (Å²) in [5.41, 5.74) is 0. The van der Waals surface area contributed by atoms with Gasteiger partial charge in [0.05, 0.1) is 0 Å². The molecule has 2 nitrogen and oxygen atoms in total. The van der Waals surface area contributed by atoms with Crippen molar-refractivity contribution in [3.63, 3.8) is 0 Å². The van der Waals surface area contributed by atoms with Gasteiger partial charge in [-0.3, -0.25) is 0 Å². The zero-order chi connectivity index (χ0) is 12.8. The first kappa shape index (κ1) is 15.0. The van der Waals surface area contributed by atoms with Crippen LogP contribution in [0.5, 0.6) is 0 Å². The van der Waals surface area contributed by atoms with E-state index in [1.165, 1.54) is 39.0 Å². The van der Waals surface area contributed by atoms with Gasteiger partial charge in [0.15, 0.2) is 0 Å². The minimum absolute atomic E-state index is 0.771. The van der Waals surface area contributed by atoms with Gasteiger partial charge in [-0.25, -0.2) is 0 Å². The molecular formula is C15H32N2. The van der Waals surface area contributed by atoms with Gasteiger partial charge in [0.25, 0.3) is 0 Å². The highest BCUT2D eigenvalue weighted by Crippen LogP contribution is 2.19. The Morgan fingerprint density at radius 3 is 1.88 bits per heavy atom. The van der Waals surface area contributed by atoms with Gasteiger partial charge in [-0.1, -0.05) is 34.6 Å². The lowest BCUT2D eigenvalue weighted by Gasteiger charge is -2.29. The summed E-state index contributed by atoms with van der Waals surface area (Å²) in [6.45, 7) is 16.6. The molecule has 0 aliphatic heterocycles. The molecule has 0 radical (unpaired) electrons. The van der Waals surface area contributed by atoms with E-state index in [0.717, 1.165) is 23.8 Å². The van der Waals surface area contributed by atoms with Crippen LogP contribution in [0.2, 0.25) is 0 Å². The summed E-state index contributed by atoms with van der Waals surface area (Å²) in [5.74, 6) is 2.32. The topological polar surface area (TPSA) is 15.3 Å².